The molecule has 0 unspecified atom stereocenters. The molecular weight excluding hydrogens is 266 g/mol. The first-order valence-electron chi connectivity index (χ1n) is 6.47. The van der Waals surface area contributed by atoms with E-state index in [0.717, 1.165) is 16.8 Å². The fourth-order valence-electron chi connectivity index (χ4n) is 2.30. The summed E-state index contributed by atoms with van der Waals surface area (Å²) in [5, 5.41) is 8.90. The van der Waals surface area contributed by atoms with E-state index in [2.05, 4.69) is 11.1 Å². The maximum atomic E-state index is 12.1. The van der Waals surface area contributed by atoms with Gasteiger partial charge in [0.15, 0.2) is 0 Å². The number of nitrogens with one attached hydrogen (secondary N) is 1. The number of H-pyrrole nitrogens is 1. The maximum Gasteiger partial charge on any atom is 0.326 e. The van der Waals surface area contributed by atoms with Gasteiger partial charge in [0.05, 0.1) is 36.3 Å². The highest BCUT2D eigenvalue weighted by Crippen LogP contribution is 2.16. The zero-order valence-electron chi connectivity index (χ0n) is 11.5. The number of ether oxygens (including phenoxy) is 1. The van der Waals surface area contributed by atoms with Gasteiger partial charge in [-0.2, -0.15) is 5.26 Å². The molecule has 1 heterocycles. The normalized spacial score (nSPS) is 10.5. The number of fused-ring (bicyclic) bond motifs is 1. The van der Waals surface area contributed by atoms with Gasteiger partial charge in [-0.15, -0.1) is 0 Å². The molecule has 0 radical (unpaired) electrons. The second-order valence-electron chi connectivity index (χ2n) is 4.71. The number of methoxy groups -OCH3 is 1. The van der Waals surface area contributed by atoms with Gasteiger partial charge in [-0.25, -0.2) is 4.79 Å². The second kappa shape index (κ2) is 5.17. The Morgan fingerprint density at radius 3 is 2.67 bits per heavy atom. The maximum absolute atomic E-state index is 12.1. The van der Waals surface area contributed by atoms with E-state index in [9.17, 15) is 4.79 Å². The van der Waals surface area contributed by atoms with Crippen LogP contribution in [0.2, 0.25) is 0 Å². The zero-order valence-corrected chi connectivity index (χ0v) is 11.5. The molecule has 5 heteroatoms. The Kier molecular flexibility index (Phi) is 3.20. The molecule has 5 nitrogen and oxygen atoms in total. The average molecular weight is 279 g/mol. The van der Waals surface area contributed by atoms with Crippen LogP contribution in [0.3, 0.4) is 0 Å². The molecule has 0 atom stereocenters. The number of rotatable bonds is 3. The van der Waals surface area contributed by atoms with Gasteiger partial charge in [0, 0.05) is 0 Å². The highest BCUT2D eigenvalue weighted by molar-refractivity contribution is 5.77. The molecule has 0 aliphatic heterocycles. The second-order valence-corrected chi connectivity index (χ2v) is 4.71. The minimum absolute atomic E-state index is 0.184. The van der Waals surface area contributed by atoms with E-state index in [1.54, 1.807) is 29.9 Å². The number of hydrogen-bond acceptors (Lipinski definition) is 3. The lowest BCUT2D eigenvalue weighted by Gasteiger charge is -2.05. The molecule has 0 amide bonds. The lowest BCUT2D eigenvalue weighted by atomic mass is 10.2. The van der Waals surface area contributed by atoms with Crippen molar-refractivity contribution >= 4 is 11.0 Å². The number of aromatic amines is 1. The fourth-order valence-corrected chi connectivity index (χ4v) is 2.30. The Labute approximate surface area is 121 Å². The van der Waals surface area contributed by atoms with Crippen LogP contribution in [-0.4, -0.2) is 16.7 Å². The van der Waals surface area contributed by atoms with Crippen molar-refractivity contribution in [3.05, 3.63) is 64.1 Å². The van der Waals surface area contributed by atoms with E-state index in [4.69, 9.17) is 10.00 Å². The fraction of sp³-hybridized carbons (Fsp3) is 0.125. The monoisotopic (exact) mass is 279 g/mol. The minimum Gasteiger partial charge on any atom is -0.497 e. The molecule has 0 saturated carbocycles. The van der Waals surface area contributed by atoms with Crippen LogP contribution in [0.25, 0.3) is 11.0 Å². The molecule has 0 saturated heterocycles. The summed E-state index contributed by atoms with van der Waals surface area (Å²) in [6, 6.07) is 14.8. The largest absolute Gasteiger partial charge is 0.497 e. The van der Waals surface area contributed by atoms with E-state index in [0.29, 0.717) is 17.6 Å². The highest BCUT2D eigenvalue weighted by Gasteiger charge is 2.08. The first kappa shape index (κ1) is 13.0. The van der Waals surface area contributed by atoms with Crippen molar-refractivity contribution in [2.75, 3.05) is 7.11 Å². The molecule has 1 N–H and O–H groups in total. The smallest absolute Gasteiger partial charge is 0.326 e. The van der Waals surface area contributed by atoms with Gasteiger partial charge in [0.25, 0.3) is 0 Å². The van der Waals surface area contributed by atoms with Crippen LogP contribution in [0.15, 0.2) is 47.3 Å². The molecule has 21 heavy (non-hydrogen) atoms. The molecule has 0 fully saturated rings. The Morgan fingerprint density at radius 2 is 2.00 bits per heavy atom. The standard InChI is InChI=1S/C16H13N3O2/c1-21-13-5-2-11(3-6-13)10-19-15-7-4-12(9-17)8-14(15)18-16(19)20/h2-8H,10H2,1H3,(H,18,20). The van der Waals surface area contributed by atoms with Gasteiger partial charge in [-0.3, -0.25) is 4.57 Å². The number of aromatic nitrogens is 2. The van der Waals surface area contributed by atoms with Crippen molar-refractivity contribution < 1.29 is 4.74 Å². The summed E-state index contributed by atoms with van der Waals surface area (Å²) in [6.07, 6.45) is 0. The molecule has 0 aliphatic rings. The van der Waals surface area contributed by atoms with Gasteiger partial charge in [0.2, 0.25) is 0 Å². The van der Waals surface area contributed by atoms with Crippen molar-refractivity contribution in [3.63, 3.8) is 0 Å². The Balaban J connectivity index is 2.02. The van der Waals surface area contributed by atoms with Crippen molar-refractivity contribution in [2.24, 2.45) is 0 Å². The summed E-state index contributed by atoms with van der Waals surface area (Å²) in [5.74, 6) is 0.781. The highest BCUT2D eigenvalue weighted by atomic mass is 16.5. The molecule has 1 aromatic heterocycles. The molecule has 0 spiro atoms. The van der Waals surface area contributed by atoms with Crippen LogP contribution in [0.1, 0.15) is 11.1 Å². The Hall–Kier alpha value is -3.00. The van der Waals surface area contributed by atoms with Gasteiger partial charge in [0.1, 0.15) is 5.75 Å². The zero-order chi connectivity index (χ0) is 14.8. The summed E-state index contributed by atoms with van der Waals surface area (Å²) in [7, 11) is 1.62. The summed E-state index contributed by atoms with van der Waals surface area (Å²) in [5.41, 5.74) is 2.81. The molecule has 3 rings (SSSR count). The van der Waals surface area contributed by atoms with Crippen LogP contribution >= 0.6 is 0 Å². The van der Waals surface area contributed by atoms with Crippen molar-refractivity contribution in [1.82, 2.24) is 9.55 Å². The van der Waals surface area contributed by atoms with Gasteiger partial charge in [-0.05, 0) is 35.9 Å². The SMILES string of the molecule is COc1ccc(Cn2c(=O)[nH]c3cc(C#N)ccc32)cc1. The minimum atomic E-state index is -0.184. The molecule has 2 aromatic carbocycles. The number of nitriles is 1. The molecule has 3 aromatic rings. The van der Waals surface area contributed by atoms with Crippen LogP contribution in [0.4, 0.5) is 0 Å². The van der Waals surface area contributed by atoms with Crippen LogP contribution in [-0.2, 0) is 6.54 Å². The van der Waals surface area contributed by atoms with Crippen LogP contribution in [0.5, 0.6) is 5.75 Å². The van der Waals surface area contributed by atoms with Gasteiger partial charge >= 0.3 is 5.69 Å². The lowest BCUT2D eigenvalue weighted by Crippen LogP contribution is -2.17. The van der Waals surface area contributed by atoms with E-state index < -0.39 is 0 Å². The first-order chi connectivity index (χ1) is 10.2. The Morgan fingerprint density at radius 1 is 1.24 bits per heavy atom. The number of hydrogen-bond donors (Lipinski definition) is 1. The summed E-state index contributed by atoms with van der Waals surface area (Å²) in [6.45, 7) is 0.467. The molecular formula is C16H13N3O2. The molecule has 104 valence electrons. The van der Waals surface area contributed by atoms with E-state index >= 15 is 0 Å². The summed E-state index contributed by atoms with van der Waals surface area (Å²) in [4.78, 5) is 14.8. The van der Waals surface area contributed by atoms with Crippen molar-refractivity contribution in [3.8, 4) is 11.8 Å². The van der Waals surface area contributed by atoms with E-state index in [1.165, 1.54) is 0 Å². The quantitative estimate of drug-likeness (QED) is 0.799. The van der Waals surface area contributed by atoms with Crippen LogP contribution < -0.4 is 10.4 Å². The molecule has 0 aliphatic carbocycles. The molecule has 0 bridgehead atoms. The number of benzene rings is 2. The van der Waals surface area contributed by atoms with E-state index in [1.807, 2.05) is 24.3 Å². The third-order valence-electron chi connectivity index (χ3n) is 3.40. The lowest BCUT2D eigenvalue weighted by molar-refractivity contribution is 0.414. The third-order valence-corrected chi connectivity index (χ3v) is 3.40. The van der Waals surface area contributed by atoms with Gasteiger partial charge in [-0.1, -0.05) is 12.1 Å². The summed E-state index contributed by atoms with van der Waals surface area (Å²) < 4.78 is 6.77. The average Bonchev–Trinajstić information content (AvgIpc) is 2.83. The van der Waals surface area contributed by atoms with Crippen molar-refractivity contribution in [2.45, 2.75) is 6.54 Å². The predicted octanol–water partition coefficient (Wildman–Crippen LogP) is 2.26. The first-order valence-corrected chi connectivity index (χ1v) is 6.47. The topological polar surface area (TPSA) is 70.8 Å². The predicted molar refractivity (Wildman–Crippen MR) is 79.4 cm³/mol. The Bertz CT molecular complexity index is 883. The van der Waals surface area contributed by atoms with Gasteiger partial charge < -0.3 is 9.72 Å². The number of imidazole rings is 1. The number of nitrogens with zero attached hydrogens (tertiary/aromatic N) is 2. The summed E-state index contributed by atoms with van der Waals surface area (Å²) >= 11 is 0. The van der Waals surface area contributed by atoms with E-state index in [-0.39, 0.29) is 5.69 Å². The van der Waals surface area contributed by atoms with Crippen molar-refractivity contribution in [1.29, 1.82) is 5.26 Å². The third kappa shape index (κ3) is 2.39. The van der Waals surface area contributed by atoms with Crippen LogP contribution in [0, 0.1) is 11.3 Å².